The molecule has 0 aliphatic carbocycles. The molecule has 1 N–H and O–H groups in total. The first-order valence-corrected chi connectivity index (χ1v) is 11.0. The van der Waals surface area contributed by atoms with Crippen LogP contribution < -0.4 is 9.46 Å². The van der Waals surface area contributed by atoms with Crippen molar-refractivity contribution >= 4 is 15.9 Å². The second-order valence-corrected chi connectivity index (χ2v) is 9.09. The molecule has 0 aromatic heterocycles. The number of sulfonamides is 1. The second kappa shape index (κ2) is 8.58. The molecule has 2 aliphatic heterocycles. The molecule has 1 aromatic carbocycles. The van der Waals surface area contributed by atoms with Crippen molar-refractivity contribution in [3.63, 3.8) is 0 Å². The smallest absolute Gasteiger partial charge is 0.257 e. The van der Waals surface area contributed by atoms with Crippen LogP contribution in [-0.4, -0.2) is 58.7 Å². The molecule has 8 heteroatoms. The van der Waals surface area contributed by atoms with E-state index < -0.39 is 10.0 Å². The number of likely N-dealkylation sites (tertiary alicyclic amines) is 1. The van der Waals surface area contributed by atoms with Crippen molar-refractivity contribution in [2.45, 2.75) is 43.6 Å². The van der Waals surface area contributed by atoms with Crippen molar-refractivity contribution in [3.8, 4) is 5.75 Å². The van der Waals surface area contributed by atoms with Crippen molar-refractivity contribution in [1.29, 1.82) is 0 Å². The summed E-state index contributed by atoms with van der Waals surface area (Å²) in [6, 6.07) is 4.42. The Morgan fingerprint density at radius 1 is 1.30 bits per heavy atom. The summed E-state index contributed by atoms with van der Waals surface area (Å²) in [5.74, 6) is 0.802. The van der Waals surface area contributed by atoms with Crippen molar-refractivity contribution in [2.24, 2.45) is 5.92 Å². The van der Waals surface area contributed by atoms with Gasteiger partial charge in [-0.05, 0) is 49.8 Å². The molecule has 2 heterocycles. The van der Waals surface area contributed by atoms with Crippen LogP contribution in [0, 0.1) is 5.92 Å². The number of hydrogen-bond acceptors (Lipinski definition) is 5. The minimum atomic E-state index is -3.72. The van der Waals surface area contributed by atoms with E-state index in [4.69, 9.17) is 9.47 Å². The highest BCUT2D eigenvalue weighted by molar-refractivity contribution is 7.89. The molecular formula is C19H28N2O5S. The molecule has 0 radical (unpaired) electrons. The largest absolute Gasteiger partial charge is 0.496 e. The summed E-state index contributed by atoms with van der Waals surface area (Å²) < 4.78 is 38.7. The number of rotatable bonds is 6. The number of carbonyl (C=O) groups excluding carboxylic acids is 1. The molecule has 150 valence electrons. The number of hydrogen-bond donors (Lipinski definition) is 1. The van der Waals surface area contributed by atoms with E-state index in [2.05, 4.69) is 11.6 Å². The molecule has 1 atom stereocenters. The first-order chi connectivity index (χ1) is 12.9. The fourth-order valence-electron chi connectivity index (χ4n) is 3.49. The van der Waals surface area contributed by atoms with Gasteiger partial charge in [0.25, 0.3) is 5.91 Å². The summed E-state index contributed by atoms with van der Waals surface area (Å²) in [5.41, 5.74) is 0.284. The Balaban J connectivity index is 1.78. The minimum Gasteiger partial charge on any atom is -0.496 e. The first kappa shape index (κ1) is 20.1. The van der Waals surface area contributed by atoms with E-state index in [1.807, 2.05) is 0 Å². The number of nitrogens with zero attached hydrogens (tertiary/aromatic N) is 1. The van der Waals surface area contributed by atoms with E-state index >= 15 is 0 Å². The third-order valence-electron chi connectivity index (χ3n) is 5.31. The monoisotopic (exact) mass is 396 g/mol. The van der Waals surface area contributed by atoms with E-state index in [1.165, 1.54) is 19.2 Å². The maximum atomic E-state index is 12.9. The van der Waals surface area contributed by atoms with Crippen LogP contribution in [0.3, 0.4) is 0 Å². The van der Waals surface area contributed by atoms with Crippen LogP contribution in [0.1, 0.15) is 43.0 Å². The zero-order valence-corrected chi connectivity index (χ0v) is 16.8. The van der Waals surface area contributed by atoms with Gasteiger partial charge < -0.3 is 14.4 Å². The highest BCUT2D eigenvalue weighted by Gasteiger charge is 2.26. The standard InChI is InChI=1S/C19H28N2O5S/c1-14-7-9-21(10-8-14)19(22)17-12-16(5-6-18(17)25-2)27(23,24)20-13-15-4-3-11-26-15/h5-6,12,14-15,20H,3-4,7-11,13H2,1-2H3. The molecular weight excluding hydrogens is 368 g/mol. The fourth-order valence-corrected chi connectivity index (χ4v) is 4.59. The average molecular weight is 397 g/mol. The zero-order chi connectivity index (χ0) is 19.4. The Morgan fingerprint density at radius 2 is 2.04 bits per heavy atom. The summed E-state index contributed by atoms with van der Waals surface area (Å²) in [7, 11) is -2.24. The van der Waals surface area contributed by atoms with Gasteiger partial charge in [0.2, 0.25) is 10.0 Å². The van der Waals surface area contributed by atoms with Gasteiger partial charge in [-0.1, -0.05) is 6.92 Å². The lowest BCUT2D eigenvalue weighted by molar-refractivity contribution is 0.0693. The SMILES string of the molecule is COc1ccc(S(=O)(=O)NCC2CCCO2)cc1C(=O)N1CCC(C)CC1. The first-order valence-electron chi connectivity index (χ1n) is 9.49. The van der Waals surface area contributed by atoms with Crippen molar-refractivity contribution < 1.29 is 22.7 Å². The Bertz CT molecular complexity index is 766. The summed E-state index contributed by atoms with van der Waals surface area (Å²) in [4.78, 5) is 14.8. The molecule has 0 spiro atoms. The number of ether oxygens (including phenoxy) is 2. The third-order valence-corrected chi connectivity index (χ3v) is 6.73. The predicted octanol–water partition coefficient (Wildman–Crippen LogP) is 2.02. The van der Waals surface area contributed by atoms with Gasteiger partial charge in [-0.3, -0.25) is 4.79 Å². The summed E-state index contributed by atoms with van der Waals surface area (Å²) in [6.45, 7) is 4.44. The van der Waals surface area contributed by atoms with Crippen LogP contribution in [0.15, 0.2) is 23.1 Å². The van der Waals surface area contributed by atoms with Crippen LogP contribution in [0.4, 0.5) is 0 Å². The molecule has 7 nitrogen and oxygen atoms in total. The van der Waals surface area contributed by atoms with E-state index in [0.717, 1.165) is 25.7 Å². The van der Waals surface area contributed by atoms with Gasteiger partial charge >= 0.3 is 0 Å². The van der Waals surface area contributed by atoms with E-state index in [1.54, 1.807) is 11.0 Å². The minimum absolute atomic E-state index is 0.0648. The Kier molecular flexibility index (Phi) is 6.39. The fraction of sp³-hybridized carbons (Fsp3) is 0.632. The Labute approximate surface area is 161 Å². The molecule has 0 saturated carbocycles. The number of methoxy groups -OCH3 is 1. The van der Waals surface area contributed by atoms with Gasteiger partial charge in [0.1, 0.15) is 5.75 Å². The van der Waals surface area contributed by atoms with Crippen LogP contribution in [0.5, 0.6) is 5.75 Å². The van der Waals surface area contributed by atoms with Crippen molar-refractivity contribution in [1.82, 2.24) is 9.62 Å². The lowest BCUT2D eigenvalue weighted by atomic mass is 9.98. The summed E-state index contributed by atoms with van der Waals surface area (Å²) in [6.07, 6.45) is 3.61. The van der Waals surface area contributed by atoms with Crippen LogP contribution in [0.25, 0.3) is 0 Å². The number of amides is 1. The second-order valence-electron chi connectivity index (χ2n) is 7.32. The van der Waals surface area contributed by atoms with Gasteiger partial charge in [0.05, 0.1) is 23.7 Å². The zero-order valence-electron chi connectivity index (χ0n) is 15.9. The molecule has 1 unspecified atom stereocenters. The third kappa shape index (κ3) is 4.80. The average Bonchev–Trinajstić information content (AvgIpc) is 3.20. The quantitative estimate of drug-likeness (QED) is 0.795. The van der Waals surface area contributed by atoms with Gasteiger partial charge in [-0.2, -0.15) is 0 Å². The highest BCUT2D eigenvalue weighted by atomic mass is 32.2. The van der Waals surface area contributed by atoms with Gasteiger partial charge in [-0.25, -0.2) is 13.1 Å². The molecule has 2 aliphatic rings. The van der Waals surface area contributed by atoms with Crippen LogP contribution in [-0.2, 0) is 14.8 Å². The molecule has 2 fully saturated rings. The predicted molar refractivity (Wildman–Crippen MR) is 101 cm³/mol. The van der Waals surface area contributed by atoms with E-state index in [9.17, 15) is 13.2 Å². The number of carbonyl (C=O) groups is 1. The van der Waals surface area contributed by atoms with Crippen LogP contribution >= 0.6 is 0 Å². The lowest BCUT2D eigenvalue weighted by Gasteiger charge is -2.30. The Hall–Kier alpha value is -1.64. The van der Waals surface area contributed by atoms with Crippen molar-refractivity contribution in [3.05, 3.63) is 23.8 Å². The van der Waals surface area contributed by atoms with E-state index in [-0.39, 0.29) is 29.0 Å². The number of nitrogens with one attached hydrogen (secondary N) is 1. The molecule has 0 bridgehead atoms. The molecule has 1 amide bonds. The van der Waals surface area contributed by atoms with Gasteiger partial charge in [0.15, 0.2) is 0 Å². The normalized spacial score (nSPS) is 21.4. The van der Waals surface area contributed by atoms with Crippen molar-refractivity contribution in [2.75, 3.05) is 33.4 Å². The van der Waals surface area contributed by atoms with Crippen LogP contribution in [0.2, 0.25) is 0 Å². The topological polar surface area (TPSA) is 84.9 Å². The summed E-state index contributed by atoms with van der Waals surface area (Å²) >= 11 is 0. The molecule has 3 rings (SSSR count). The highest BCUT2D eigenvalue weighted by Crippen LogP contribution is 2.26. The Morgan fingerprint density at radius 3 is 2.67 bits per heavy atom. The van der Waals surface area contributed by atoms with Gasteiger partial charge in [-0.15, -0.1) is 0 Å². The number of piperidine rings is 1. The maximum absolute atomic E-state index is 12.9. The molecule has 2 saturated heterocycles. The lowest BCUT2D eigenvalue weighted by Crippen LogP contribution is -2.38. The van der Waals surface area contributed by atoms with Gasteiger partial charge in [0, 0.05) is 26.2 Å². The summed E-state index contributed by atoms with van der Waals surface area (Å²) in [5, 5.41) is 0. The maximum Gasteiger partial charge on any atom is 0.257 e. The number of benzene rings is 1. The van der Waals surface area contributed by atoms with E-state index in [0.29, 0.717) is 31.4 Å². The molecule has 27 heavy (non-hydrogen) atoms. The molecule has 1 aromatic rings.